The van der Waals surface area contributed by atoms with Gasteiger partial charge in [0.15, 0.2) is 5.78 Å². The third-order valence-corrected chi connectivity index (χ3v) is 9.42. The third kappa shape index (κ3) is 4.17. The molecule has 0 aromatic carbocycles. The number of allylic oxidation sites excluding steroid dienone is 3. The van der Waals surface area contributed by atoms with E-state index >= 15 is 0 Å². The van der Waals surface area contributed by atoms with Crippen LogP contribution < -0.4 is 16.0 Å². The first kappa shape index (κ1) is 26.9. The van der Waals surface area contributed by atoms with Crippen molar-refractivity contribution in [1.29, 1.82) is 0 Å². The van der Waals surface area contributed by atoms with Crippen molar-refractivity contribution >= 4 is 41.6 Å². The molecule has 1 aliphatic carbocycles. The van der Waals surface area contributed by atoms with Crippen LogP contribution >= 0.6 is 0 Å². The summed E-state index contributed by atoms with van der Waals surface area (Å²) in [6.45, 7) is 14.8. The molecule has 1 fully saturated rings. The van der Waals surface area contributed by atoms with E-state index in [2.05, 4.69) is 72.8 Å². The Bertz CT molecular complexity index is 1820. The first-order valence-corrected chi connectivity index (χ1v) is 14.5. The number of esters is 1. The number of hydrogen-bond acceptors (Lipinski definition) is 4. The monoisotopic (exact) mass is 550 g/mol. The van der Waals surface area contributed by atoms with Crippen LogP contribution in [0.25, 0.3) is 29.9 Å². The molecule has 0 unspecified atom stereocenters. The number of H-pyrrole nitrogens is 3. The van der Waals surface area contributed by atoms with Crippen LogP contribution in [0.4, 0.5) is 0 Å². The largest absolute Gasteiger partial charge is 0.469 e. The van der Waals surface area contributed by atoms with Crippen molar-refractivity contribution in [3.63, 3.8) is 0 Å². The van der Waals surface area contributed by atoms with Crippen molar-refractivity contribution in [3.05, 3.63) is 84.8 Å². The van der Waals surface area contributed by atoms with Gasteiger partial charge in [0.2, 0.25) is 0 Å². The van der Waals surface area contributed by atoms with Gasteiger partial charge in [0, 0.05) is 80.6 Å². The molecule has 7 heteroatoms. The van der Waals surface area contributed by atoms with Crippen LogP contribution in [-0.4, -0.2) is 33.8 Å². The molecule has 2 atom stereocenters. The number of aromatic amines is 3. The first-order chi connectivity index (χ1) is 19.7. The van der Waals surface area contributed by atoms with Gasteiger partial charge >= 0.3 is 5.97 Å². The highest BCUT2D eigenvalue weighted by Gasteiger charge is 2.39. The predicted molar refractivity (Wildman–Crippen MR) is 163 cm³/mol. The van der Waals surface area contributed by atoms with E-state index in [1.165, 1.54) is 18.2 Å². The molecule has 0 amide bonds. The summed E-state index contributed by atoms with van der Waals surface area (Å²) in [7, 11) is 1.43. The lowest BCUT2D eigenvalue weighted by Crippen LogP contribution is -2.13. The van der Waals surface area contributed by atoms with E-state index in [4.69, 9.17) is 4.74 Å². The average molecular weight is 551 g/mol. The average Bonchev–Trinajstić information content (AvgIpc) is 3.70. The molecular weight excluding hydrogens is 512 g/mol. The molecule has 6 rings (SSSR count). The quantitative estimate of drug-likeness (QED) is 0.339. The smallest absolute Gasteiger partial charge is 0.305 e. The lowest BCUT2D eigenvalue weighted by atomic mass is 9.86. The zero-order valence-corrected chi connectivity index (χ0v) is 24.7. The molecule has 0 radical (unpaired) electrons. The van der Waals surface area contributed by atoms with Crippen LogP contribution in [0.5, 0.6) is 0 Å². The number of aromatic nitrogens is 3. The molecule has 1 saturated heterocycles. The summed E-state index contributed by atoms with van der Waals surface area (Å²) >= 11 is 0. The standard InChI is InChI=1S/C34H38N4O3/c1-8-20-16(3)24-13-26-18(5)22(10-11-31(40)41-7)33(37-26)23-12-30(39)32-19(6)27(38-34(23)32)15-29-21(9-2)17(4)25(36-29)14-28(20)35-24/h8,13-15,18,22,35-38H,1,9-12H2,2-7H3/t18-,22+/m0/s1. The highest BCUT2D eigenvalue weighted by molar-refractivity contribution is 6.13. The summed E-state index contributed by atoms with van der Waals surface area (Å²) in [5.74, 6) is 0.0574. The van der Waals surface area contributed by atoms with Gasteiger partial charge in [0.25, 0.3) is 0 Å². The van der Waals surface area contributed by atoms with E-state index in [1.807, 2.05) is 13.0 Å². The molecule has 2 aliphatic heterocycles. The van der Waals surface area contributed by atoms with Crippen LogP contribution in [0.1, 0.15) is 94.1 Å². The molecule has 5 heterocycles. The van der Waals surface area contributed by atoms with Gasteiger partial charge in [0.1, 0.15) is 0 Å². The highest BCUT2D eigenvalue weighted by atomic mass is 16.5. The van der Waals surface area contributed by atoms with E-state index in [0.29, 0.717) is 19.3 Å². The summed E-state index contributed by atoms with van der Waals surface area (Å²) < 4.78 is 4.97. The first-order valence-electron chi connectivity index (χ1n) is 14.5. The minimum atomic E-state index is -0.226. The normalized spacial score (nSPS) is 19.1. The van der Waals surface area contributed by atoms with Gasteiger partial charge in [-0.05, 0) is 74.1 Å². The van der Waals surface area contributed by atoms with Gasteiger partial charge in [-0.15, -0.1) is 0 Å². The van der Waals surface area contributed by atoms with Gasteiger partial charge in [-0.3, -0.25) is 9.59 Å². The van der Waals surface area contributed by atoms with Crippen molar-refractivity contribution < 1.29 is 14.3 Å². The molecule has 3 aliphatic rings. The summed E-state index contributed by atoms with van der Waals surface area (Å²) in [5, 5.41) is 5.82. The maximum Gasteiger partial charge on any atom is 0.305 e. The van der Waals surface area contributed by atoms with E-state index < -0.39 is 0 Å². The topological polar surface area (TPSA) is 103 Å². The van der Waals surface area contributed by atoms with Crippen LogP contribution in [0.2, 0.25) is 0 Å². The summed E-state index contributed by atoms with van der Waals surface area (Å²) in [5.41, 5.74) is 13.3. The summed E-state index contributed by atoms with van der Waals surface area (Å²) in [6.07, 6.45) is 10.6. The van der Waals surface area contributed by atoms with Gasteiger partial charge in [-0.2, -0.15) is 0 Å². The van der Waals surface area contributed by atoms with Crippen LogP contribution in [0, 0.1) is 32.6 Å². The van der Waals surface area contributed by atoms with Crippen LogP contribution in [0.3, 0.4) is 0 Å². The Hall–Kier alpha value is -4.26. The molecule has 3 aromatic heterocycles. The Morgan fingerprint density at radius 1 is 1.02 bits per heavy atom. The number of hydrogen-bond donors (Lipinski definition) is 4. The SMILES string of the molecule is C=Cc1c2[nH]c(c1C)C=C1NC(=C3CC(=O)c4c3[nH]c(c4C)C=c3[nH]c(c(C)c3CC)=C2)[C@H](CCC(=O)OC)[C@@H]1C. The fraction of sp³-hybridized carbons (Fsp3) is 0.353. The van der Waals surface area contributed by atoms with E-state index in [1.54, 1.807) is 0 Å². The van der Waals surface area contributed by atoms with Gasteiger partial charge in [-0.25, -0.2) is 0 Å². The minimum Gasteiger partial charge on any atom is -0.469 e. The Balaban J connectivity index is 1.67. The molecule has 41 heavy (non-hydrogen) atoms. The van der Waals surface area contributed by atoms with Crippen molar-refractivity contribution in [2.24, 2.45) is 11.8 Å². The van der Waals surface area contributed by atoms with Crippen molar-refractivity contribution in [1.82, 2.24) is 20.3 Å². The molecule has 7 nitrogen and oxygen atoms in total. The van der Waals surface area contributed by atoms with Gasteiger partial charge in [0.05, 0.1) is 12.8 Å². The Kier molecular flexibility index (Phi) is 6.56. The number of carbonyl (C=O) groups excluding carboxylic acids is 2. The zero-order chi connectivity index (χ0) is 29.2. The van der Waals surface area contributed by atoms with Gasteiger partial charge in [-0.1, -0.05) is 26.5 Å². The molecule has 212 valence electrons. The minimum absolute atomic E-state index is 0.0425. The van der Waals surface area contributed by atoms with E-state index in [9.17, 15) is 9.59 Å². The second kappa shape index (κ2) is 9.98. The van der Waals surface area contributed by atoms with Crippen LogP contribution in [0.15, 0.2) is 18.0 Å². The predicted octanol–water partition coefficient (Wildman–Crippen LogP) is 4.92. The molecule has 0 spiro atoms. The second-order valence-corrected chi connectivity index (χ2v) is 11.5. The third-order valence-electron chi connectivity index (χ3n) is 9.42. The number of nitrogens with one attached hydrogen (secondary N) is 4. The van der Waals surface area contributed by atoms with Crippen molar-refractivity contribution in [2.45, 2.75) is 60.3 Å². The molecule has 0 saturated carbocycles. The molecule has 4 N–H and O–H groups in total. The number of ether oxygens (including phenoxy) is 1. The summed E-state index contributed by atoms with van der Waals surface area (Å²) in [4.78, 5) is 36.6. The molecular formula is C34H38N4O3. The second-order valence-electron chi connectivity index (χ2n) is 11.5. The number of Topliss-reactive ketones (excluding diaryl/α,β-unsaturated/α-hetero) is 1. The van der Waals surface area contributed by atoms with E-state index in [-0.39, 0.29) is 23.6 Å². The molecule has 3 aromatic rings. The van der Waals surface area contributed by atoms with E-state index in [0.717, 1.165) is 79.1 Å². The van der Waals surface area contributed by atoms with Gasteiger partial charge < -0.3 is 25.0 Å². The lowest BCUT2D eigenvalue weighted by molar-refractivity contribution is -0.140. The van der Waals surface area contributed by atoms with Crippen molar-refractivity contribution in [2.75, 3.05) is 7.11 Å². The Morgan fingerprint density at radius 2 is 1.76 bits per heavy atom. The van der Waals surface area contributed by atoms with Crippen LogP contribution in [-0.2, 0) is 16.0 Å². The molecule has 8 bridgehead atoms. The summed E-state index contributed by atoms with van der Waals surface area (Å²) in [6, 6.07) is 0. The highest BCUT2D eigenvalue weighted by Crippen LogP contribution is 2.45. The Labute approximate surface area is 240 Å². The number of rotatable bonds is 5. The number of fused-ring (bicyclic) bond motifs is 7. The zero-order valence-electron chi connectivity index (χ0n) is 24.7. The maximum absolute atomic E-state index is 13.5. The Morgan fingerprint density at radius 3 is 2.46 bits per heavy atom. The number of carbonyl (C=O) groups is 2. The number of ketones is 1. The lowest BCUT2D eigenvalue weighted by Gasteiger charge is -2.17. The maximum atomic E-state index is 13.5. The fourth-order valence-electron chi connectivity index (χ4n) is 6.99. The number of methoxy groups -OCH3 is 1. The fourth-order valence-corrected chi connectivity index (χ4v) is 6.99. The van der Waals surface area contributed by atoms with Crippen molar-refractivity contribution in [3.8, 4) is 0 Å².